The number of nitrogens with one attached hydrogen (secondary N) is 2. The molecule has 0 spiro atoms. The summed E-state index contributed by atoms with van der Waals surface area (Å²) in [4.78, 5) is 12.1. The number of hydrogen-bond acceptors (Lipinski definition) is 5. The lowest BCUT2D eigenvalue weighted by Crippen LogP contribution is -2.37. The molecule has 0 saturated heterocycles. The average Bonchev–Trinajstić information content (AvgIpc) is 2.76. The first kappa shape index (κ1) is 24.2. The molecule has 0 heterocycles. The zero-order valence-corrected chi connectivity index (χ0v) is 19.3. The van der Waals surface area contributed by atoms with Gasteiger partial charge in [-0.05, 0) is 54.4 Å². The summed E-state index contributed by atoms with van der Waals surface area (Å²) in [6.07, 6.45) is 4.07. The first-order valence-electron chi connectivity index (χ1n) is 10.1. The first-order chi connectivity index (χ1) is 14.9. The van der Waals surface area contributed by atoms with Gasteiger partial charge in [0.25, 0.3) is 0 Å². The van der Waals surface area contributed by atoms with Gasteiger partial charge in [0.1, 0.15) is 5.75 Å². The molecule has 0 fully saturated rings. The van der Waals surface area contributed by atoms with Crippen molar-refractivity contribution in [2.24, 2.45) is 5.92 Å². The van der Waals surface area contributed by atoms with Crippen LogP contribution in [0.1, 0.15) is 31.4 Å². The molecule has 2 N–H and O–H groups in total. The van der Waals surface area contributed by atoms with Gasteiger partial charge in [-0.3, -0.25) is 10.1 Å². The molecule has 0 radical (unpaired) electrons. The summed E-state index contributed by atoms with van der Waals surface area (Å²) >= 11 is 5.22. The highest BCUT2D eigenvalue weighted by Gasteiger charge is 2.08. The fraction of sp³-hybridized carbons (Fsp3) is 0.333. The topological polar surface area (TPSA) is 68.8 Å². The highest BCUT2D eigenvalue weighted by atomic mass is 32.1. The van der Waals surface area contributed by atoms with E-state index in [2.05, 4.69) is 24.5 Å². The Morgan fingerprint density at radius 2 is 1.81 bits per heavy atom. The second-order valence-electron chi connectivity index (χ2n) is 7.26. The fourth-order valence-corrected chi connectivity index (χ4v) is 2.87. The van der Waals surface area contributed by atoms with Gasteiger partial charge in [-0.25, -0.2) is 0 Å². The van der Waals surface area contributed by atoms with Gasteiger partial charge in [0.05, 0.1) is 20.8 Å². The monoisotopic (exact) mass is 442 g/mol. The van der Waals surface area contributed by atoms with Crippen molar-refractivity contribution in [1.82, 2.24) is 10.6 Å². The summed E-state index contributed by atoms with van der Waals surface area (Å²) in [7, 11) is 3.20. The van der Waals surface area contributed by atoms with Crippen LogP contribution in [0.25, 0.3) is 6.08 Å². The highest BCUT2D eigenvalue weighted by molar-refractivity contribution is 7.80. The summed E-state index contributed by atoms with van der Waals surface area (Å²) < 4.78 is 16.5. The molecule has 2 aromatic carbocycles. The standard InChI is InChI=1S/C24H30N2O4S/c1-17(2)13-14-30-21-11-9-18(15-22(21)29-4)16-25-24(31)26-23(27)12-10-19-7-5-6-8-20(19)28-3/h5-12,15,17H,13-14,16H2,1-4H3,(H2,25,26,27,31)/b12-10+. The van der Waals surface area contributed by atoms with Crippen molar-refractivity contribution in [3.05, 3.63) is 59.7 Å². The molecule has 0 aliphatic rings. The van der Waals surface area contributed by atoms with Gasteiger partial charge in [-0.15, -0.1) is 0 Å². The minimum atomic E-state index is -0.324. The maximum absolute atomic E-state index is 12.1. The van der Waals surface area contributed by atoms with Crippen LogP contribution in [0.5, 0.6) is 17.2 Å². The number of hydrogen-bond donors (Lipinski definition) is 2. The molecule has 6 nitrogen and oxygen atoms in total. The Hall–Kier alpha value is -3.06. The Balaban J connectivity index is 1.86. The Morgan fingerprint density at radius 3 is 2.52 bits per heavy atom. The van der Waals surface area contributed by atoms with E-state index in [4.69, 9.17) is 26.4 Å². The van der Waals surface area contributed by atoms with Gasteiger partial charge in [0.15, 0.2) is 16.6 Å². The molecule has 0 aromatic heterocycles. The van der Waals surface area contributed by atoms with Crippen LogP contribution in [-0.2, 0) is 11.3 Å². The van der Waals surface area contributed by atoms with Crippen LogP contribution in [0.2, 0.25) is 0 Å². The zero-order valence-electron chi connectivity index (χ0n) is 18.4. The smallest absolute Gasteiger partial charge is 0.250 e. The SMILES string of the molecule is COc1ccccc1/C=C/C(=O)NC(=S)NCc1ccc(OCCC(C)C)c(OC)c1. The summed E-state index contributed by atoms with van der Waals surface area (Å²) in [6, 6.07) is 13.2. The predicted molar refractivity (Wildman–Crippen MR) is 128 cm³/mol. The van der Waals surface area contributed by atoms with Crippen molar-refractivity contribution in [2.75, 3.05) is 20.8 Å². The Bertz CT molecular complexity index is 912. The molecule has 0 aliphatic carbocycles. The third-order valence-corrected chi connectivity index (χ3v) is 4.67. The average molecular weight is 443 g/mol. The molecule has 166 valence electrons. The molecule has 0 unspecified atom stereocenters. The van der Waals surface area contributed by atoms with Crippen LogP contribution in [0.15, 0.2) is 48.5 Å². The van der Waals surface area contributed by atoms with Gasteiger partial charge >= 0.3 is 0 Å². The summed E-state index contributed by atoms with van der Waals surface area (Å²) in [5.41, 5.74) is 1.76. The molecule has 0 bridgehead atoms. The lowest BCUT2D eigenvalue weighted by atomic mass is 10.1. The van der Waals surface area contributed by atoms with E-state index in [0.29, 0.717) is 36.3 Å². The molecule has 2 rings (SSSR count). The van der Waals surface area contributed by atoms with Crippen molar-refractivity contribution in [3.8, 4) is 17.2 Å². The second kappa shape index (κ2) is 12.6. The molecule has 1 amide bonds. The summed E-state index contributed by atoms with van der Waals surface area (Å²) in [6.45, 7) is 5.40. The van der Waals surface area contributed by atoms with E-state index in [9.17, 15) is 4.79 Å². The molecule has 2 aromatic rings. The number of benzene rings is 2. The van der Waals surface area contributed by atoms with E-state index in [1.54, 1.807) is 20.3 Å². The normalized spacial score (nSPS) is 10.7. The zero-order chi connectivity index (χ0) is 22.6. The maximum Gasteiger partial charge on any atom is 0.250 e. The fourth-order valence-electron chi connectivity index (χ4n) is 2.70. The van der Waals surface area contributed by atoms with Gasteiger partial charge in [0.2, 0.25) is 5.91 Å². The molecule has 0 saturated carbocycles. The number of para-hydroxylation sites is 1. The number of amides is 1. The first-order valence-corrected chi connectivity index (χ1v) is 10.5. The van der Waals surface area contributed by atoms with E-state index in [-0.39, 0.29) is 11.0 Å². The summed E-state index contributed by atoms with van der Waals surface area (Å²) in [5.74, 6) is 2.32. The van der Waals surface area contributed by atoms with Crippen molar-refractivity contribution in [1.29, 1.82) is 0 Å². The van der Waals surface area contributed by atoms with Crippen molar-refractivity contribution in [2.45, 2.75) is 26.8 Å². The maximum atomic E-state index is 12.1. The van der Waals surface area contributed by atoms with Crippen LogP contribution < -0.4 is 24.8 Å². The van der Waals surface area contributed by atoms with Crippen molar-refractivity contribution < 1.29 is 19.0 Å². The van der Waals surface area contributed by atoms with Crippen LogP contribution in [0, 0.1) is 5.92 Å². The van der Waals surface area contributed by atoms with Crippen LogP contribution in [0.4, 0.5) is 0 Å². The minimum Gasteiger partial charge on any atom is -0.496 e. The molecule has 7 heteroatoms. The number of carbonyl (C=O) groups is 1. The second-order valence-corrected chi connectivity index (χ2v) is 7.67. The third kappa shape index (κ3) is 8.30. The largest absolute Gasteiger partial charge is 0.496 e. The van der Waals surface area contributed by atoms with E-state index < -0.39 is 0 Å². The molecular weight excluding hydrogens is 412 g/mol. The summed E-state index contributed by atoms with van der Waals surface area (Å²) in [5, 5.41) is 5.90. The van der Waals surface area contributed by atoms with E-state index in [1.807, 2.05) is 42.5 Å². The third-order valence-electron chi connectivity index (χ3n) is 4.42. The Morgan fingerprint density at radius 1 is 1.06 bits per heavy atom. The predicted octanol–water partition coefficient (Wildman–Crippen LogP) is 4.33. The van der Waals surface area contributed by atoms with Crippen LogP contribution >= 0.6 is 12.2 Å². The van der Waals surface area contributed by atoms with Crippen molar-refractivity contribution >= 4 is 29.3 Å². The number of carbonyl (C=O) groups excluding carboxylic acids is 1. The number of thiocarbonyl (C=S) groups is 1. The number of methoxy groups -OCH3 is 2. The number of ether oxygens (including phenoxy) is 3. The van der Waals surface area contributed by atoms with Crippen LogP contribution in [0.3, 0.4) is 0 Å². The lowest BCUT2D eigenvalue weighted by molar-refractivity contribution is -0.115. The lowest BCUT2D eigenvalue weighted by Gasteiger charge is -2.14. The van der Waals surface area contributed by atoms with E-state index >= 15 is 0 Å². The van der Waals surface area contributed by atoms with Crippen molar-refractivity contribution in [3.63, 3.8) is 0 Å². The van der Waals surface area contributed by atoms with Gasteiger partial charge in [-0.1, -0.05) is 38.1 Å². The van der Waals surface area contributed by atoms with Gasteiger partial charge < -0.3 is 19.5 Å². The van der Waals surface area contributed by atoms with E-state index in [1.165, 1.54) is 6.08 Å². The molecule has 31 heavy (non-hydrogen) atoms. The Kier molecular flexibility index (Phi) is 9.84. The minimum absolute atomic E-state index is 0.242. The van der Waals surface area contributed by atoms with Gasteiger partial charge in [-0.2, -0.15) is 0 Å². The Labute approximate surface area is 189 Å². The molecular formula is C24H30N2O4S. The van der Waals surface area contributed by atoms with Crippen LogP contribution in [-0.4, -0.2) is 31.8 Å². The highest BCUT2D eigenvalue weighted by Crippen LogP contribution is 2.28. The number of rotatable bonds is 10. The molecule has 0 aliphatic heterocycles. The van der Waals surface area contributed by atoms with E-state index in [0.717, 1.165) is 17.5 Å². The van der Waals surface area contributed by atoms with Gasteiger partial charge in [0, 0.05) is 18.2 Å². The molecule has 0 atom stereocenters. The quantitative estimate of drug-likeness (QED) is 0.422.